The van der Waals surface area contributed by atoms with Crippen molar-refractivity contribution < 1.29 is 0 Å². The van der Waals surface area contributed by atoms with Crippen molar-refractivity contribution in [1.29, 1.82) is 0 Å². The molecule has 0 saturated heterocycles. The molecule has 2 aliphatic rings. The predicted molar refractivity (Wildman–Crippen MR) is 47.5 cm³/mol. The second kappa shape index (κ2) is 3.14. The summed E-state index contributed by atoms with van der Waals surface area (Å²) in [5.74, 6) is 2.09. The van der Waals surface area contributed by atoms with Gasteiger partial charge in [0.05, 0.1) is 0 Å². The van der Waals surface area contributed by atoms with Crippen LogP contribution in [0.4, 0.5) is 0 Å². The maximum absolute atomic E-state index is 3.62. The maximum atomic E-state index is 3.62. The zero-order valence-electron chi connectivity index (χ0n) is 7.47. The molecule has 2 rings (SSSR count). The zero-order chi connectivity index (χ0) is 7.68. The van der Waals surface area contributed by atoms with Crippen molar-refractivity contribution >= 4 is 0 Å². The van der Waals surface area contributed by atoms with E-state index in [-0.39, 0.29) is 0 Å². The summed E-state index contributed by atoms with van der Waals surface area (Å²) in [5, 5.41) is 3.62. The SMILES string of the molecule is CCC1CCC1CNC1CC1. The van der Waals surface area contributed by atoms with Crippen molar-refractivity contribution in [3.8, 4) is 0 Å². The molecule has 1 nitrogen and oxygen atoms in total. The smallest absolute Gasteiger partial charge is 0.00683 e. The molecule has 2 fully saturated rings. The molecule has 2 atom stereocenters. The Morgan fingerprint density at radius 3 is 2.27 bits per heavy atom. The quantitative estimate of drug-likeness (QED) is 0.652. The molecule has 2 aliphatic carbocycles. The van der Waals surface area contributed by atoms with Gasteiger partial charge >= 0.3 is 0 Å². The minimum atomic E-state index is 0.910. The zero-order valence-corrected chi connectivity index (χ0v) is 7.47. The lowest BCUT2D eigenvalue weighted by Gasteiger charge is -2.36. The Hall–Kier alpha value is -0.0400. The molecule has 0 aliphatic heterocycles. The van der Waals surface area contributed by atoms with Gasteiger partial charge in [0.2, 0.25) is 0 Å². The van der Waals surface area contributed by atoms with E-state index in [9.17, 15) is 0 Å². The third-order valence-electron chi connectivity index (χ3n) is 3.35. The molecular weight excluding hydrogens is 134 g/mol. The first-order chi connectivity index (χ1) is 5.40. The number of nitrogens with one attached hydrogen (secondary N) is 1. The topological polar surface area (TPSA) is 12.0 Å². The summed E-state index contributed by atoms with van der Waals surface area (Å²) in [6, 6.07) is 0.910. The van der Waals surface area contributed by atoms with E-state index < -0.39 is 0 Å². The fourth-order valence-electron chi connectivity index (χ4n) is 2.05. The number of hydrogen-bond acceptors (Lipinski definition) is 1. The van der Waals surface area contributed by atoms with Gasteiger partial charge in [-0.2, -0.15) is 0 Å². The molecule has 1 N–H and O–H groups in total. The molecule has 0 heterocycles. The van der Waals surface area contributed by atoms with Crippen LogP contribution in [0.15, 0.2) is 0 Å². The Bertz CT molecular complexity index is 127. The van der Waals surface area contributed by atoms with Gasteiger partial charge in [0.25, 0.3) is 0 Å². The van der Waals surface area contributed by atoms with Crippen LogP contribution in [-0.4, -0.2) is 12.6 Å². The highest BCUT2D eigenvalue weighted by atomic mass is 14.9. The predicted octanol–water partition coefficient (Wildman–Crippen LogP) is 2.17. The van der Waals surface area contributed by atoms with Crippen LogP contribution in [0, 0.1) is 11.8 Å². The highest BCUT2D eigenvalue weighted by Crippen LogP contribution is 2.36. The second-order valence-electron chi connectivity index (χ2n) is 4.19. The molecule has 2 saturated carbocycles. The molecule has 0 radical (unpaired) electrons. The van der Waals surface area contributed by atoms with E-state index in [2.05, 4.69) is 12.2 Å². The molecule has 0 aromatic heterocycles. The molecule has 2 unspecified atom stereocenters. The van der Waals surface area contributed by atoms with Crippen LogP contribution < -0.4 is 5.32 Å². The summed E-state index contributed by atoms with van der Waals surface area (Å²) in [7, 11) is 0. The average Bonchev–Trinajstić information content (AvgIpc) is 2.70. The van der Waals surface area contributed by atoms with Crippen LogP contribution in [0.2, 0.25) is 0 Å². The largest absolute Gasteiger partial charge is 0.314 e. The van der Waals surface area contributed by atoms with Crippen LogP contribution in [0.5, 0.6) is 0 Å². The number of hydrogen-bond donors (Lipinski definition) is 1. The third-order valence-corrected chi connectivity index (χ3v) is 3.35. The molecule has 0 aromatic rings. The Morgan fingerprint density at radius 1 is 1.09 bits per heavy atom. The minimum absolute atomic E-state index is 0.910. The third kappa shape index (κ3) is 1.76. The van der Waals surface area contributed by atoms with Crippen molar-refractivity contribution in [3.63, 3.8) is 0 Å². The highest BCUT2D eigenvalue weighted by molar-refractivity contribution is 4.86. The van der Waals surface area contributed by atoms with Gasteiger partial charge in [-0.15, -0.1) is 0 Å². The van der Waals surface area contributed by atoms with Crippen LogP contribution in [-0.2, 0) is 0 Å². The summed E-state index contributed by atoms with van der Waals surface area (Å²) >= 11 is 0. The summed E-state index contributed by atoms with van der Waals surface area (Å²) in [6.45, 7) is 3.64. The molecule has 11 heavy (non-hydrogen) atoms. The lowest BCUT2D eigenvalue weighted by molar-refractivity contribution is 0.166. The normalized spacial score (nSPS) is 36.8. The molecule has 1 heteroatoms. The van der Waals surface area contributed by atoms with Crippen molar-refractivity contribution in [1.82, 2.24) is 5.32 Å². The van der Waals surface area contributed by atoms with Crippen LogP contribution >= 0.6 is 0 Å². The van der Waals surface area contributed by atoms with Crippen molar-refractivity contribution in [2.75, 3.05) is 6.54 Å². The number of rotatable bonds is 4. The minimum Gasteiger partial charge on any atom is -0.314 e. The molecule has 0 amide bonds. The Kier molecular flexibility index (Phi) is 2.17. The van der Waals surface area contributed by atoms with Gasteiger partial charge in [-0.05, 0) is 44.1 Å². The van der Waals surface area contributed by atoms with E-state index in [1.54, 1.807) is 0 Å². The monoisotopic (exact) mass is 153 g/mol. The van der Waals surface area contributed by atoms with Crippen molar-refractivity contribution in [2.45, 2.75) is 45.1 Å². The van der Waals surface area contributed by atoms with Crippen LogP contribution in [0.3, 0.4) is 0 Å². The van der Waals surface area contributed by atoms with E-state index >= 15 is 0 Å². The van der Waals surface area contributed by atoms with Gasteiger partial charge in [0.1, 0.15) is 0 Å². The standard InChI is InChI=1S/C10H19N/c1-2-8-3-4-9(8)7-11-10-5-6-10/h8-11H,2-7H2,1H3. The van der Waals surface area contributed by atoms with Gasteiger partial charge in [-0.1, -0.05) is 13.3 Å². The summed E-state index contributed by atoms with van der Waals surface area (Å²) in [4.78, 5) is 0. The fraction of sp³-hybridized carbons (Fsp3) is 1.00. The average molecular weight is 153 g/mol. The van der Waals surface area contributed by atoms with Crippen LogP contribution in [0.1, 0.15) is 39.0 Å². The van der Waals surface area contributed by atoms with Gasteiger partial charge in [0.15, 0.2) is 0 Å². The van der Waals surface area contributed by atoms with Gasteiger partial charge in [0, 0.05) is 6.04 Å². The van der Waals surface area contributed by atoms with E-state index in [0.29, 0.717) is 0 Å². The van der Waals surface area contributed by atoms with E-state index in [4.69, 9.17) is 0 Å². The molecular formula is C10H19N. The van der Waals surface area contributed by atoms with E-state index in [1.165, 1.54) is 38.6 Å². The lowest BCUT2D eigenvalue weighted by atomic mass is 9.72. The Labute approximate surface area is 69.6 Å². The maximum Gasteiger partial charge on any atom is 0.00683 e. The van der Waals surface area contributed by atoms with E-state index in [0.717, 1.165) is 17.9 Å². The van der Waals surface area contributed by atoms with Crippen molar-refractivity contribution in [2.24, 2.45) is 11.8 Å². The first-order valence-corrected chi connectivity index (χ1v) is 5.13. The Morgan fingerprint density at radius 2 is 1.82 bits per heavy atom. The first kappa shape index (κ1) is 7.60. The Balaban J connectivity index is 1.61. The molecule has 0 aromatic carbocycles. The van der Waals surface area contributed by atoms with Gasteiger partial charge in [-0.25, -0.2) is 0 Å². The molecule has 0 bridgehead atoms. The van der Waals surface area contributed by atoms with Gasteiger partial charge < -0.3 is 5.32 Å². The summed E-state index contributed by atoms with van der Waals surface area (Å²) < 4.78 is 0. The molecule has 64 valence electrons. The summed E-state index contributed by atoms with van der Waals surface area (Å²) in [6.07, 6.45) is 7.25. The highest BCUT2D eigenvalue weighted by Gasteiger charge is 2.30. The second-order valence-corrected chi connectivity index (χ2v) is 4.19. The summed E-state index contributed by atoms with van der Waals surface area (Å²) in [5.41, 5.74) is 0. The lowest BCUT2D eigenvalue weighted by Crippen LogP contribution is -2.35. The van der Waals surface area contributed by atoms with Gasteiger partial charge in [-0.3, -0.25) is 0 Å². The van der Waals surface area contributed by atoms with Crippen molar-refractivity contribution in [3.05, 3.63) is 0 Å². The first-order valence-electron chi connectivity index (χ1n) is 5.13. The fourth-order valence-corrected chi connectivity index (χ4v) is 2.05. The van der Waals surface area contributed by atoms with Crippen LogP contribution in [0.25, 0.3) is 0 Å². The molecule has 0 spiro atoms. The van der Waals surface area contributed by atoms with E-state index in [1.807, 2.05) is 0 Å².